The molecule has 0 aliphatic carbocycles. The number of hydrogen-bond donors (Lipinski definition) is 0. The summed E-state index contributed by atoms with van der Waals surface area (Å²) in [6.45, 7) is 11.6. The number of aryl methyl sites for hydroxylation is 2. The van der Waals surface area contributed by atoms with Crippen molar-refractivity contribution in [3.8, 4) is 11.3 Å². The number of para-hydroxylation sites is 1. The van der Waals surface area contributed by atoms with Crippen LogP contribution in [0.4, 0.5) is 13.2 Å². The van der Waals surface area contributed by atoms with E-state index in [-0.39, 0.29) is 11.8 Å². The largest absolute Gasteiger partial charge is 0.394 e. The molecule has 0 spiro atoms. The second-order valence-electron chi connectivity index (χ2n) is 13.9. The van der Waals surface area contributed by atoms with Crippen LogP contribution in [0, 0.1) is 12.3 Å². The van der Waals surface area contributed by atoms with Crippen LogP contribution in [0.1, 0.15) is 51.3 Å². The molecule has 0 saturated heterocycles. The zero-order chi connectivity index (χ0) is 30.6. The van der Waals surface area contributed by atoms with Crippen LogP contribution in [0.15, 0.2) is 79.0 Å². The molecule has 7 rings (SSSR count). The summed E-state index contributed by atoms with van der Waals surface area (Å²) in [5.41, 5.74) is 6.97. The van der Waals surface area contributed by atoms with Crippen LogP contribution in [0.25, 0.3) is 60.1 Å². The van der Waals surface area contributed by atoms with E-state index in [2.05, 4.69) is 105 Å². The fraction of sp³-hybridized carbons (Fsp3) is 0.289. The molecule has 0 aliphatic heterocycles. The fourth-order valence-electron chi connectivity index (χ4n) is 7.01. The Morgan fingerprint density at radius 3 is 2.02 bits per heavy atom. The molecule has 0 atom stereocenters. The summed E-state index contributed by atoms with van der Waals surface area (Å²) in [5.74, 6) is 0. The van der Waals surface area contributed by atoms with Crippen LogP contribution in [-0.2, 0) is 18.9 Å². The number of aromatic nitrogens is 2. The zero-order valence-electron chi connectivity index (χ0n) is 25.7. The van der Waals surface area contributed by atoms with E-state index in [0.717, 1.165) is 43.8 Å². The molecule has 0 unspecified atom stereocenters. The van der Waals surface area contributed by atoms with E-state index in [0.29, 0.717) is 5.56 Å². The topological polar surface area (TPSA) is 8.29 Å². The third-order valence-corrected chi connectivity index (χ3v) is 9.45. The van der Waals surface area contributed by atoms with Gasteiger partial charge in [-0.2, -0.15) is 13.2 Å². The van der Waals surface area contributed by atoms with Gasteiger partial charge in [-0.3, -0.25) is 0 Å². The van der Waals surface area contributed by atoms with Crippen LogP contribution in [-0.4, -0.2) is 10.6 Å². The Kier molecular flexibility index (Phi) is 5.76. The minimum atomic E-state index is -4.27. The van der Waals surface area contributed by atoms with Gasteiger partial charge in [0.2, 0.25) is 5.69 Å². The molecule has 2 nitrogen and oxygen atoms in total. The third kappa shape index (κ3) is 4.04. The van der Waals surface area contributed by atoms with Crippen molar-refractivity contribution in [2.75, 3.05) is 0 Å². The first-order valence-electron chi connectivity index (χ1n) is 14.9. The number of fused-ring (bicyclic) bond motifs is 7. The smallest absolute Gasteiger partial charge is 0.307 e. The molecule has 0 radical (unpaired) electrons. The van der Waals surface area contributed by atoms with Gasteiger partial charge in [0.05, 0.1) is 32.9 Å². The number of alkyl halides is 3. The van der Waals surface area contributed by atoms with Gasteiger partial charge in [0.15, 0.2) is 6.20 Å². The highest BCUT2D eigenvalue weighted by Gasteiger charge is 2.47. The molecule has 5 heteroatoms. The van der Waals surface area contributed by atoms with Crippen molar-refractivity contribution in [1.82, 2.24) is 4.40 Å². The van der Waals surface area contributed by atoms with Crippen LogP contribution in [0.3, 0.4) is 0 Å². The van der Waals surface area contributed by atoms with E-state index in [9.17, 15) is 13.2 Å². The molecule has 0 amide bonds. The van der Waals surface area contributed by atoms with Gasteiger partial charge in [0, 0.05) is 22.2 Å². The summed E-state index contributed by atoms with van der Waals surface area (Å²) in [5, 5.41) is 6.91. The maximum absolute atomic E-state index is 13.7. The molecule has 4 aromatic carbocycles. The van der Waals surface area contributed by atoms with Crippen LogP contribution in [0.5, 0.6) is 0 Å². The average molecular weight is 578 g/mol. The first-order chi connectivity index (χ1) is 20.2. The summed E-state index contributed by atoms with van der Waals surface area (Å²) in [7, 11) is 2.11. The lowest BCUT2D eigenvalue weighted by Gasteiger charge is -2.27. The molecule has 0 N–H and O–H groups in total. The third-order valence-electron chi connectivity index (χ3n) is 9.45. The lowest BCUT2D eigenvalue weighted by molar-refractivity contribution is -0.659. The van der Waals surface area contributed by atoms with Crippen LogP contribution >= 0.6 is 0 Å². The highest BCUT2D eigenvalue weighted by Crippen LogP contribution is 2.44. The molecule has 3 aromatic heterocycles. The second-order valence-corrected chi connectivity index (χ2v) is 13.9. The summed E-state index contributed by atoms with van der Waals surface area (Å²) < 4.78 is 45.7. The van der Waals surface area contributed by atoms with E-state index < -0.39 is 11.6 Å². The molecular weight excluding hydrogens is 541 g/mol. The normalized spacial score (nSPS) is 13.4. The minimum absolute atomic E-state index is 0.0330. The molecule has 7 aromatic rings. The number of rotatable bonds is 3. The Morgan fingerprint density at radius 1 is 0.698 bits per heavy atom. The second kappa shape index (κ2) is 8.95. The van der Waals surface area contributed by atoms with Gasteiger partial charge in [0.1, 0.15) is 7.05 Å². The number of benzene rings is 4. The average Bonchev–Trinajstić information content (AvgIpc) is 3.43. The van der Waals surface area contributed by atoms with Gasteiger partial charge in [-0.1, -0.05) is 83.1 Å². The van der Waals surface area contributed by atoms with Crippen molar-refractivity contribution >= 4 is 48.9 Å². The lowest BCUT2D eigenvalue weighted by Crippen LogP contribution is -2.34. The fourth-order valence-corrected chi connectivity index (χ4v) is 7.01. The molecular formula is C38H36F3N2+. The highest BCUT2D eigenvalue weighted by molar-refractivity contribution is 6.23. The van der Waals surface area contributed by atoms with Gasteiger partial charge in [-0.15, -0.1) is 0 Å². The van der Waals surface area contributed by atoms with Crippen molar-refractivity contribution in [3.63, 3.8) is 0 Å². The van der Waals surface area contributed by atoms with Crippen LogP contribution < -0.4 is 4.57 Å². The Balaban J connectivity index is 1.51. The maximum atomic E-state index is 13.7. The van der Waals surface area contributed by atoms with Crippen molar-refractivity contribution in [2.24, 2.45) is 12.5 Å². The maximum Gasteiger partial charge on any atom is 0.394 e. The van der Waals surface area contributed by atoms with E-state index in [4.69, 9.17) is 0 Å². The summed E-state index contributed by atoms with van der Waals surface area (Å²) in [6.07, 6.45) is -2.11. The van der Waals surface area contributed by atoms with E-state index >= 15 is 0 Å². The first-order valence-corrected chi connectivity index (χ1v) is 14.9. The monoisotopic (exact) mass is 577 g/mol. The number of pyridine rings is 1. The molecule has 3 heterocycles. The minimum Gasteiger partial charge on any atom is -0.307 e. The standard InChI is InChI=1S/C38H36F3N2/c1-22-24-11-8-9-12-25(24)31(36(2,3)4)18-28(22)33-19-34-30(21-42(33)7)27-14-10-13-26-29-17-23(20-37(5,6)38(39,40)41)15-16-32(29)43(34)35(26)27/h8-19,21H,20H2,1-7H3/q+1. The van der Waals surface area contributed by atoms with Crippen LogP contribution in [0.2, 0.25) is 0 Å². The Morgan fingerprint density at radius 2 is 1.35 bits per heavy atom. The summed E-state index contributed by atoms with van der Waals surface area (Å²) in [4.78, 5) is 0. The summed E-state index contributed by atoms with van der Waals surface area (Å²) >= 11 is 0. The molecule has 0 saturated carbocycles. The Labute approximate surface area is 249 Å². The lowest BCUT2D eigenvalue weighted by atomic mass is 9.80. The predicted octanol–water partition coefficient (Wildman–Crippen LogP) is 10.2. The van der Waals surface area contributed by atoms with Gasteiger partial charge < -0.3 is 4.40 Å². The van der Waals surface area contributed by atoms with Crippen molar-refractivity contribution in [2.45, 2.75) is 59.6 Å². The van der Waals surface area contributed by atoms with Crippen molar-refractivity contribution < 1.29 is 17.7 Å². The Hall–Kier alpha value is -4.12. The van der Waals surface area contributed by atoms with Gasteiger partial charge in [-0.05, 0) is 64.4 Å². The number of halogens is 3. The Bertz CT molecular complexity index is 2230. The van der Waals surface area contributed by atoms with E-state index in [1.54, 1.807) is 0 Å². The quantitative estimate of drug-likeness (QED) is 0.185. The highest BCUT2D eigenvalue weighted by atomic mass is 19.4. The van der Waals surface area contributed by atoms with Crippen molar-refractivity contribution in [1.29, 1.82) is 0 Å². The van der Waals surface area contributed by atoms with Gasteiger partial charge >= 0.3 is 6.18 Å². The van der Waals surface area contributed by atoms with Gasteiger partial charge in [-0.25, -0.2) is 4.57 Å². The predicted molar refractivity (Wildman–Crippen MR) is 172 cm³/mol. The number of hydrogen-bond acceptors (Lipinski definition) is 0. The zero-order valence-corrected chi connectivity index (χ0v) is 25.7. The first kappa shape index (κ1) is 27.7. The van der Waals surface area contributed by atoms with E-state index in [1.165, 1.54) is 41.3 Å². The molecule has 0 aliphatic rings. The molecule has 43 heavy (non-hydrogen) atoms. The molecule has 218 valence electrons. The van der Waals surface area contributed by atoms with Crippen molar-refractivity contribution in [3.05, 3.63) is 95.7 Å². The van der Waals surface area contributed by atoms with E-state index in [1.807, 2.05) is 18.2 Å². The SMILES string of the molecule is Cc1c(-c2cc3c(c[n+]2C)c2cccc4c5cc(CC(C)(C)C(F)(F)F)ccc5n3c42)cc(C(C)(C)C)c2ccccc12. The molecule has 0 fully saturated rings. The summed E-state index contributed by atoms with van der Waals surface area (Å²) in [6, 6.07) is 25.4. The van der Waals surface area contributed by atoms with Gasteiger partial charge in [0.25, 0.3) is 0 Å². The molecule has 0 bridgehead atoms. The number of nitrogens with zero attached hydrogens (tertiary/aromatic N) is 2.